The van der Waals surface area contributed by atoms with E-state index in [1.165, 1.54) is 11.8 Å². The van der Waals surface area contributed by atoms with Crippen LogP contribution in [-0.2, 0) is 4.79 Å². The molecule has 0 aromatic heterocycles. The summed E-state index contributed by atoms with van der Waals surface area (Å²) in [4.78, 5) is 15.0. The van der Waals surface area contributed by atoms with E-state index in [1.54, 1.807) is 4.90 Å². The highest BCUT2D eigenvalue weighted by atomic mass is 32.2. The standard InChI is InChI=1S/C22H23NO3S2/c1-4-15(3)26-19-10-6-16(7-11-19)14-20-21(24)23(22(27)28-20)17-8-12-18(13-9-17)25-5-2/h6-15H,4-5H2,1-3H3/b20-14-/t15-/m1/s1. The third-order valence-electron chi connectivity index (χ3n) is 4.29. The third-order valence-corrected chi connectivity index (χ3v) is 5.59. The maximum absolute atomic E-state index is 12.9. The molecule has 1 aliphatic heterocycles. The highest BCUT2D eigenvalue weighted by Crippen LogP contribution is 2.36. The number of ether oxygens (including phenoxy) is 2. The van der Waals surface area contributed by atoms with E-state index in [2.05, 4.69) is 6.92 Å². The van der Waals surface area contributed by atoms with Gasteiger partial charge in [-0.15, -0.1) is 0 Å². The summed E-state index contributed by atoms with van der Waals surface area (Å²) in [5.74, 6) is 1.49. The van der Waals surface area contributed by atoms with Crippen molar-refractivity contribution in [2.75, 3.05) is 11.5 Å². The van der Waals surface area contributed by atoms with E-state index in [4.69, 9.17) is 21.7 Å². The largest absolute Gasteiger partial charge is 0.494 e. The molecule has 1 saturated heterocycles. The summed E-state index contributed by atoms with van der Waals surface area (Å²) < 4.78 is 11.8. The van der Waals surface area contributed by atoms with Crippen molar-refractivity contribution in [3.8, 4) is 11.5 Å². The Balaban J connectivity index is 1.75. The molecule has 2 aromatic carbocycles. The molecule has 1 amide bonds. The van der Waals surface area contributed by atoms with Gasteiger partial charge in [-0.2, -0.15) is 0 Å². The number of thioether (sulfide) groups is 1. The lowest BCUT2D eigenvalue weighted by Crippen LogP contribution is -2.27. The second-order valence-electron chi connectivity index (χ2n) is 6.35. The Morgan fingerprint density at radius 2 is 1.71 bits per heavy atom. The Morgan fingerprint density at radius 1 is 1.07 bits per heavy atom. The van der Waals surface area contributed by atoms with Gasteiger partial charge < -0.3 is 9.47 Å². The molecule has 0 unspecified atom stereocenters. The van der Waals surface area contributed by atoms with Crippen molar-refractivity contribution in [3.05, 3.63) is 59.0 Å². The van der Waals surface area contributed by atoms with Gasteiger partial charge in [0.15, 0.2) is 4.32 Å². The first-order valence-electron chi connectivity index (χ1n) is 9.29. The van der Waals surface area contributed by atoms with Crippen molar-refractivity contribution < 1.29 is 14.3 Å². The molecule has 1 fully saturated rings. The molecule has 2 aromatic rings. The Bertz CT molecular complexity index is 876. The smallest absolute Gasteiger partial charge is 0.270 e. The van der Waals surface area contributed by atoms with Gasteiger partial charge in [0, 0.05) is 0 Å². The molecule has 6 heteroatoms. The third kappa shape index (κ3) is 4.75. The van der Waals surface area contributed by atoms with Crippen LogP contribution in [0.15, 0.2) is 53.4 Å². The van der Waals surface area contributed by atoms with Crippen LogP contribution in [0.25, 0.3) is 6.08 Å². The monoisotopic (exact) mass is 413 g/mol. The van der Waals surface area contributed by atoms with Gasteiger partial charge in [-0.05, 0) is 68.3 Å². The van der Waals surface area contributed by atoms with Gasteiger partial charge in [0.1, 0.15) is 11.5 Å². The predicted molar refractivity (Wildman–Crippen MR) is 120 cm³/mol. The van der Waals surface area contributed by atoms with Gasteiger partial charge >= 0.3 is 0 Å². The van der Waals surface area contributed by atoms with Crippen molar-refractivity contribution in [1.29, 1.82) is 0 Å². The Hall–Kier alpha value is -2.31. The molecule has 146 valence electrons. The predicted octanol–water partition coefficient (Wildman–Crippen LogP) is 5.67. The molecular weight excluding hydrogens is 390 g/mol. The molecule has 28 heavy (non-hydrogen) atoms. The average molecular weight is 414 g/mol. The van der Waals surface area contributed by atoms with E-state index < -0.39 is 0 Å². The molecule has 3 rings (SSSR count). The average Bonchev–Trinajstić information content (AvgIpc) is 2.97. The fourth-order valence-electron chi connectivity index (χ4n) is 2.66. The molecule has 0 aliphatic carbocycles. The number of carbonyl (C=O) groups is 1. The lowest BCUT2D eigenvalue weighted by Gasteiger charge is -2.15. The van der Waals surface area contributed by atoms with Gasteiger partial charge in [-0.25, -0.2) is 0 Å². The first kappa shape index (κ1) is 20.4. The Labute approximate surface area is 175 Å². The number of benzene rings is 2. The summed E-state index contributed by atoms with van der Waals surface area (Å²) in [6, 6.07) is 15.1. The van der Waals surface area contributed by atoms with Crippen LogP contribution in [0.4, 0.5) is 5.69 Å². The normalized spacial score (nSPS) is 16.5. The molecular formula is C22H23NO3S2. The summed E-state index contributed by atoms with van der Waals surface area (Å²) in [5, 5.41) is 0. The second-order valence-corrected chi connectivity index (χ2v) is 8.03. The molecule has 0 radical (unpaired) electrons. The van der Waals surface area contributed by atoms with Crippen LogP contribution in [-0.4, -0.2) is 22.9 Å². The van der Waals surface area contributed by atoms with E-state index in [1.807, 2.05) is 68.5 Å². The van der Waals surface area contributed by atoms with Crippen LogP contribution in [0.1, 0.15) is 32.8 Å². The number of amides is 1. The SMILES string of the molecule is CCOc1ccc(N2C(=O)/C(=C/c3ccc(O[C@H](C)CC)cc3)SC2=S)cc1. The molecule has 0 spiro atoms. The van der Waals surface area contributed by atoms with Crippen LogP contribution < -0.4 is 14.4 Å². The first-order chi connectivity index (χ1) is 13.5. The van der Waals surface area contributed by atoms with Crippen LogP contribution in [0.2, 0.25) is 0 Å². The summed E-state index contributed by atoms with van der Waals surface area (Å²) in [7, 11) is 0. The van der Waals surface area contributed by atoms with Crippen molar-refractivity contribution in [1.82, 2.24) is 0 Å². The second kappa shape index (κ2) is 9.26. The fraction of sp³-hybridized carbons (Fsp3) is 0.273. The highest BCUT2D eigenvalue weighted by Gasteiger charge is 2.33. The lowest BCUT2D eigenvalue weighted by atomic mass is 10.2. The quantitative estimate of drug-likeness (QED) is 0.432. The zero-order chi connectivity index (χ0) is 20.1. The van der Waals surface area contributed by atoms with Crippen molar-refractivity contribution >= 4 is 46.0 Å². The number of hydrogen-bond donors (Lipinski definition) is 0. The lowest BCUT2D eigenvalue weighted by molar-refractivity contribution is -0.113. The number of anilines is 1. The van der Waals surface area contributed by atoms with Crippen molar-refractivity contribution in [3.63, 3.8) is 0 Å². The molecule has 4 nitrogen and oxygen atoms in total. The maximum atomic E-state index is 12.9. The number of thiocarbonyl (C=S) groups is 1. The minimum Gasteiger partial charge on any atom is -0.494 e. The van der Waals surface area contributed by atoms with E-state index in [0.717, 1.165) is 29.2 Å². The first-order valence-corrected chi connectivity index (χ1v) is 10.5. The number of rotatable bonds is 7. The van der Waals surface area contributed by atoms with Crippen molar-refractivity contribution in [2.24, 2.45) is 0 Å². The zero-order valence-corrected chi connectivity index (χ0v) is 17.8. The van der Waals surface area contributed by atoms with Crippen molar-refractivity contribution in [2.45, 2.75) is 33.3 Å². The van der Waals surface area contributed by atoms with Crippen LogP contribution in [0.3, 0.4) is 0 Å². The molecule has 1 aliphatic rings. The number of nitrogens with zero attached hydrogens (tertiary/aromatic N) is 1. The zero-order valence-electron chi connectivity index (χ0n) is 16.2. The van der Waals surface area contributed by atoms with Gasteiger partial charge in [-0.3, -0.25) is 9.69 Å². The summed E-state index contributed by atoms with van der Waals surface area (Å²) in [5.41, 5.74) is 1.68. The topological polar surface area (TPSA) is 38.8 Å². The fourth-order valence-corrected chi connectivity index (χ4v) is 3.96. The van der Waals surface area contributed by atoms with Gasteiger partial charge in [-0.1, -0.05) is 43.0 Å². The molecule has 1 atom stereocenters. The van der Waals surface area contributed by atoms with E-state index >= 15 is 0 Å². The maximum Gasteiger partial charge on any atom is 0.270 e. The molecule has 0 N–H and O–H groups in total. The van der Waals surface area contributed by atoms with E-state index in [0.29, 0.717) is 15.8 Å². The van der Waals surface area contributed by atoms with E-state index in [9.17, 15) is 4.79 Å². The minimum atomic E-state index is -0.112. The van der Waals surface area contributed by atoms with Gasteiger partial charge in [0.25, 0.3) is 5.91 Å². The highest BCUT2D eigenvalue weighted by molar-refractivity contribution is 8.27. The Kier molecular flexibility index (Phi) is 6.75. The number of hydrogen-bond acceptors (Lipinski definition) is 5. The summed E-state index contributed by atoms with van der Waals surface area (Å²) in [6.07, 6.45) is 2.99. The summed E-state index contributed by atoms with van der Waals surface area (Å²) in [6.45, 7) is 6.67. The molecule has 0 bridgehead atoms. The molecule has 0 saturated carbocycles. The van der Waals surface area contributed by atoms with E-state index in [-0.39, 0.29) is 12.0 Å². The van der Waals surface area contributed by atoms with Gasteiger partial charge in [0.2, 0.25) is 0 Å². The number of carbonyl (C=O) groups excluding carboxylic acids is 1. The van der Waals surface area contributed by atoms with Crippen LogP contribution >= 0.6 is 24.0 Å². The van der Waals surface area contributed by atoms with Gasteiger partial charge in [0.05, 0.1) is 23.3 Å². The molecule has 1 heterocycles. The van der Waals surface area contributed by atoms with Crippen LogP contribution in [0.5, 0.6) is 11.5 Å². The minimum absolute atomic E-state index is 0.112. The van der Waals surface area contributed by atoms with Crippen LogP contribution in [0, 0.1) is 0 Å². The summed E-state index contributed by atoms with van der Waals surface area (Å²) >= 11 is 6.75. The Morgan fingerprint density at radius 3 is 2.32 bits per heavy atom.